The Kier molecular flexibility index (Phi) is 5.18. The minimum Gasteiger partial charge on any atom is -0.493 e. The third-order valence-electron chi connectivity index (χ3n) is 6.46. The molecule has 0 bridgehead atoms. The molecule has 3 aliphatic rings. The molecule has 0 atom stereocenters. The number of hydrogen-bond acceptors (Lipinski definition) is 4. The summed E-state index contributed by atoms with van der Waals surface area (Å²) < 4.78 is 5.88. The first kappa shape index (κ1) is 20.1. The van der Waals surface area contributed by atoms with Crippen LogP contribution in [0.25, 0.3) is 11.1 Å². The molecule has 1 saturated heterocycles. The first-order valence-corrected chi connectivity index (χ1v) is 11.2. The van der Waals surface area contributed by atoms with Gasteiger partial charge in [-0.15, -0.1) is 0 Å². The van der Waals surface area contributed by atoms with E-state index in [0.29, 0.717) is 50.5 Å². The number of hydrogen-bond donors (Lipinski definition) is 1. The van der Waals surface area contributed by atoms with Crippen LogP contribution in [-0.4, -0.2) is 65.1 Å². The molecule has 1 aliphatic heterocycles. The van der Waals surface area contributed by atoms with Gasteiger partial charge in [-0.1, -0.05) is 24.3 Å². The van der Waals surface area contributed by atoms with Crippen LogP contribution in [0.1, 0.15) is 36.0 Å². The molecule has 2 aliphatic carbocycles. The van der Waals surface area contributed by atoms with E-state index in [1.54, 1.807) is 9.80 Å². The molecule has 0 radical (unpaired) electrons. The number of nitrogens with zero attached hydrogens (tertiary/aromatic N) is 2. The summed E-state index contributed by atoms with van der Waals surface area (Å²) in [6.45, 7) is 2.71. The molecule has 2 amide bonds. The largest absolute Gasteiger partial charge is 0.493 e. The maximum absolute atomic E-state index is 12.9. The fourth-order valence-corrected chi connectivity index (χ4v) is 3.99. The highest BCUT2D eigenvalue weighted by atomic mass is 16.5. The number of benzene rings is 2. The highest BCUT2D eigenvalue weighted by molar-refractivity contribution is 5.95. The summed E-state index contributed by atoms with van der Waals surface area (Å²) in [5.41, 5.74) is 1.62. The van der Waals surface area contributed by atoms with Crippen molar-refractivity contribution in [2.24, 2.45) is 5.92 Å². The van der Waals surface area contributed by atoms with Crippen molar-refractivity contribution in [3.05, 3.63) is 54.1 Å². The third kappa shape index (κ3) is 4.44. The molecule has 0 unspecified atom stereocenters. The molecule has 0 aromatic heterocycles. The van der Waals surface area contributed by atoms with Crippen molar-refractivity contribution in [1.82, 2.24) is 9.80 Å². The zero-order valence-corrected chi connectivity index (χ0v) is 17.6. The van der Waals surface area contributed by atoms with Gasteiger partial charge >= 0.3 is 0 Å². The van der Waals surface area contributed by atoms with Gasteiger partial charge in [-0.25, -0.2) is 0 Å². The van der Waals surface area contributed by atoms with Gasteiger partial charge in [0.05, 0.1) is 6.61 Å². The minimum absolute atomic E-state index is 0.0229. The van der Waals surface area contributed by atoms with Crippen LogP contribution >= 0.6 is 0 Å². The fraction of sp³-hybridized carbons (Fsp3) is 0.440. The summed E-state index contributed by atoms with van der Waals surface area (Å²) in [5.74, 6) is 1.39. The fourth-order valence-electron chi connectivity index (χ4n) is 3.99. The first-order chi connectivity index (χ1) is 15.0. The molecule has 6 nitrogen and oxygen atoms in total. The van der Waals surface area contributed by atoms with Crippen LogP contribution in [0.2, 0.25) is 0 Å². The molecule has 1 N–H and O–H groups in total. The van der Waals surface area contributed by atoms with Crippen LogP contribution in [0.5, 0.6) is 5.75 Å². The lowest BCUT2D eigenvalue weighted by atomic mass is 10.0. The zero-order chi connectivity index (χ0) is 21.4. The average Bonchev–Trinajstić information content (AvgIpc) is 3.75. The topological polar surface area (TPSA) is 70.1 Å². The molecular weight excluding hydrogens is 392 g/mol. The van der Waals surface area contributed by atoms with Gasteiger partial charge in [-0.3, -0.25) is 9.59 Å². The Morgan fingerprint density at radius 3 is 2.26 bits per heavy atom. The first-order valence-electron chi connectivity index (χ1n) is 11.2. The predicted octanol–water partition coefficient (Wildman–Crippen LogP) is 2.95. The number of carbonyl (C=O) groups is 2. The van der Waals surface area contributed by atoms with Gasteiger partial charge in [-0.2, -0.15) is 0 Å². The van der Waals surface area contributed by atoms with E-state index >= 15 is 0 Å². The van der Waals surface area contributed by atoms with Gasteiger partial charge in [0.1, 0.15) is 11.4 Å². The Morgan fingerprint density at radius 2 is 1.61 bits per heavy atom. The lowest BCUT2D eigenvalue weighted by Crippen LogP contribution is -2.53. The van der Waals surface area contributed by atoms with E-state index in [4.69, 9.17) is 4.74 Å². The molecule has 3 fully saturated rings. The van der Waals surface area contributed by atoms with Crippen molar-refractivity contribution in [3.8, 4) is 16.9 Å². The summed E-state index contributed by atoms with van der Waals surface area (Å²) >= 11 is 0. The second kappa shape index (κ2) is 8.00. The molecule has 6 heteroatoms. The van der Waals surface area contributed by atoms with Crippen LogP contribution in [0.15, 0.2) is 48.5 Å². The SMILES string of the molecule is O=C(c1ccc(-c2cccc(OCC3CC3)c2)cc1)N1CCN(C(=O)C2(O)CC2)CC1. The van der Waals surface area contributed by atoms with Crippen LogP contribution in [-0.2, 0) is 4.79 Å². The third-order valence-corrected chi connectivity index (χ3v) is 6.46. The van der Waals surface area contributed by atoms with Gasteiger partial charge in [0.2, 0.25) is 0 Å². The summed E-state index contributed by atoms with van der Waals surface area (Å²) in [7, 11) is 0. The van der Waals surface area contributed by atoms with E-state index in [0.717, 1.165) is 23.5 Å². The van der Waals surface area contributed by atoms with E-state index in [9.17, 15) is 14.7 Å². The van der Waals surface area contributed by atoms with Crippen LogP contribution in [0, 0.1) is 5.92 Å². The number of carbonyl (C=O) groups excluding carboxylic acids is 2. The Hall–Kier alpha value is -2.86. The molecular formula is C25H28N2O4. The van der Waals surface area contributed by atoms with Gasteiger partial charge in [-0.05, 0) is 67.0 Å². The highest BCUT2D eigenvalue weighted by Crippen LogP contribution is 2.37. The number of ether oxygens (including phenoxy) is 1. The summed E-state index contributed by atoms with van der Waals surface area (Å²) in [6, 6.07) is 15.7. The minimum atomic E-state index is -1.14. The molecule has 162 valence electrons. The average molecular weight is 421 g/mol. The monoisotopic (exact) mass is 420 g/mol. The lowest BCUT2D eigenvalue weighted by Gasteiger charge is -2.35. The van der Waals surface area contributed by atoms with E-state index < -0.39 is 5.60 Å². The van der Waals surface area contributed by atoms with Crippen LogP contribution in [0.4, 0.5) is 0 Å². The highest BCUT2D eigenvalue weighted by Gasteiger charge is 2.50. The van der Waals surface area contributed by atoms with E-state index in [1.165, 1.54) is 12.8 Å². The van der Waals surface area contributed by atoms with Gasteiger partial charge in [0, 0.05) is 31.7 Å². The number of rotatable bonds is 6. The smallest absolute Gasteiger partial charge is 0.254 e. The summed E-state index contributed by atoms with van der Waals surface area (Å²) in [5, 5.41) is 10.0. The second-order valence-corrected chi connectivity index (χ2v) is 8.98. The zero-order valence-electron chi connectivity index (χ0n) is 17.6. The van der Waals surface area contributed by atoms with Crippen molar-refractivity contribution < 1.29 is 19.4 Å². The van der Waals surface area contributed by atoms with Gasteiger partial charge in [0.25, 0.3) is 11.8 Å². The summed E-state index contributed by atoms with van der Waals surface area (Å²) in [4.78, 5) is 28.6. The molecule has 5 rings (SSSR count). The maximum Gasteiger partial charge on any atom is 0.254 e. The molecule has 2 aromatic rings. The number of aliphatic hydroxyl groups is 1. The lowest BCUT2D eigenvalue weighted by molar-refractivity contribution is -0.143. The normalized spacial score (nSPS) is 19.8. The van der Waals surface area contributed by atoms with Crippen molar-refractivity contribution in [3.63, 3.8) is 0 Å². The number of piperazine rings is 1. The van der Waals surface area contributed by atoms with Crippen molar-refractivity contribution in [2.45, 2.75) is 31.3 Å². The predicted molar refractivity (Wildman–Crippen MR) is 117 cm³/mol. The molecule has 0 spiro atoms. The van der Waals surface area contributed by atoms with Crippen LogP contribution in [0.3, 0.4) is 0 Å². The second-order valence-electron chi connectivity index (χ2n) is 8.98. The Balaban J connectivity index is 1.19. The van der Waals surface area contributed by atoms with E-state index in [-0.39, 0.29) is 11.8 Å². The van der Waals surface area contributed by atoms with Crippen LogP contribution < -0.4 is 4.74 Å². The van der Waals surface area contributed by atoms with Gasteiger partial charge < -0.3 is 19.6 Å². The number of amides is 2. The summed E-state index contributed by atoms with van der Waals surface area (Å²) in [6.07, 6.45) is 3.63. The Morgan fingerprint density at radius 1 is 0.935 bits per heavy atom. The van der Waals surface area contributed by atoms with E-state index in [1.807, 2.05) is 48.5 Å². The van der Waals surface area contributed by atoms with Gasteiger partial charge in [0.15, 0.2) is 0 Å². The maximum atomic E-state index is 12.9. The molecule has 31 heavy (non-hydrogen) atoms. The Bertz CT molecular complexity index is 971. The van der Waals surface area contributed by atoms with E-state index in [2.05, 4.69) is 0 Å². The molecule has 2 saturated carbocycles. The molecule has 2 aromatic carbocycles. The molecule has 1 heterocycles. The standard InChI is InChI=1S/C25H28N2O4/c28-23(26-12-14-27(15-13-26)24(29)25(30)10-11-25)20-8-6-19(7-9-20)21-2-1-3-22(16-21)31-17-18-4-5-18/h1-3,6-9,16,18,30H,4-5,10-15,17H2. The quantitative estimate of drug-likeness (QED) is 0.780. The van der Waals surface area contributed by atoms with Crippen molar-refractivity contribution >= 4 is 11.8 Å². The van der Waals surface area contributed by atoms with Crippen molar-refractivity contribution in [2.75, 3.05) is 32.8 Å². The van der Waals surface area contributed by atoms with Crippen molar-refractivity contribution in [1.29, 1.82) is 0 Å². The Labute approximate surface area is 182 Å².